The molecule has 0 aromatic carbocycles. The van der Waals surface area contributed by atoms with Gasteiger partial charge in [-0.3, -0.25) is 0 Å². The second-order valence-electron chi connectivity index (χ2n) is 12.0. The highest BCUT2D eigenvalue weighted by Crippen LogP contribution is 2.33. The van der Waals surface area contributed by atoms with E-state index in [1.807, 2.05) is 0 Å². The smallest absolute Gasteiger partial charge is 0.368 e. The van der Waals surface area contributed by atoms with Crippen LogP contribution in [0, 0.1) is 0 Å². The monoisotopic (exact) mass is 444 g/mol. The Hall–Kier alpha value is 0.0969. The minimum absolute atomic E-state index is 0.278. The van der Waals surface area contributed by atoms with E-state index in [0.717, 1.165) is 12.5 Å². The van der Waals surface area contributed by atoms with Gasteiger partial charge in [-0.25, -0.2) is 0 Å². The molecule has 0 spiro atoms. The van der Waals surface area contributed by atoms with Crippen LogP contribution in [-0.4, -0.2) is 25.6 Å². The van der Waals surface area contributed by atoms with Crippen molar-refractivity contribution in [2.75, 3.05) is 0 Å². The molecular formula is C26H56O3Si. The van der Waals surface area contributed by atoms with Gasteiger partial charge in [0.25, 0.3) is 0 Å². The number of hydrogen-bond donors (Lipinski definition) is 0. The maximum atomic E-state index is 6.57. The van der Waals surface area contributed by atoms with Crippen LogP contribution in [0.5, 0.6) is 0 Å². The predicted molar refractivity (Wildman–Crippen MR) is 134 cm³/mol. The molecule has 182 valence electrons. The molecule has 0 atom stereocenters. The van der Waals surface area contributed by atoms with Gasteiger partial charge in [0, 0.05) is 6.04 Å². The Labute approximate surface area is 191 Å². The van der Waals surface area contributed by atoms with Gasteiger partial charge in [0.1, 0.15) is 0 Å². The van der Waals surface area contributed by atoms with Gasteiger partial charge in [0.05, 0.1) is 16.8 Å². The summed E-state index contributed by atoms with van der Waals surface area (Å²) in [5.41, 5.74) is -0.834. The van der Waals surface area contributed by atoms with Crippen molar-refractivity contribution < 1.29 is 13.3 Å². The Bertz CT molecular complexity index is 375. The Morgan fingerprint density at radius 1 is 0.433 bits per heavy atom. The van der Waals surface area contributed by atoms with E-state index in [-0.39, 0.29) is 16.8 Å². The highest BCUT2D eigenvalue weighted by atomic mass is 28.4. The molecule has 30 heavy (non-hydrogen) atoms. The second-order valence-corrected chi connectivity index (χ2v) is 14.4. The van der Waals surface area contributed by atoms with E-state index in [4.69, 9.17) is 13.3 Å². The zero-order valence-electron chi connectivity index (χ0n) is 22.4. The van der Waals surface area contributed by atoms with Gasteiger partial charge >= 0.3 is 8.80 Å². The first-order valence-electron chi connectivity index (χ1n) is 12.8. The third-order valence-corrected chi connectivity index (χ3v) is 8.46. The van der Waals surface area contributed by atoms with Crippen LogP contribution in [0.15, 0.2) is 0 Å². The number of hydrogen-bond acceptors (Lipinski definition) is 3. The zero-order valence-corrected chi connectivity index (χ0v) is 23.4. The molecule has 3 nitrogen and oxygen atoms in total. The third kappa shape index (κ3) is 18.8. The molecule has 0 saturated heterocycles. The van der Waals surface area contributed by atoms with Gasteiger partial charge in [0.2, 0.25) is 0 Å². The average molecular weight is 445 g/mol. The van der Waals surface area contributed by atoms with Gasteiger partial charge < -0.3 is 13.3 Å². The minimum atomic E-state index is -2.80. The Balaban J connectivity index is 4.47. The number of rotatable bonds is 16. The van der Waals surface area contributed by atoms with Crippen LogP contribution in [0.25, 0.3) is 0 Å². The first-order chi connectivity index (χ1) is 13.7. The maximum Gasteiger partial charge on any atom is 0.502 e. The summed E-state index contributed by atoms with van der Waals surface area (Å²) in [4.78, 5) is 0. The lowest BCUT2D eigenvalue weighted by atomic mass is 10.1. The summed E-state index contributed by atoms with van der Waals surface area (Å²) in [6.07, 6.45) is 16.2. The van der Waals surface area contributed by atoms with Gasteiger partial charge in [-0.1, -0.05) is 77.6 Å². The molecule has 0 heterocycles. The van der Waals surface area contributed by atoms with E-state index in [2.05, 4.69) is 69.2 Å². The molecule has 0 aliphatic carbocycles. The molecule has 0 unspecified atom stereocenters. The molecule has 0 radical (unpaired) electrons. The second kappa shape index (κ2) is 14.3. The van der Waals surface area contributed by atoms with Crippen molar-refractivity contribution in [3.63, 3.8) is 0 Å². The summed E-state index contributed by atoms with van der Waals surface area (Å²) in [6, 6.07) is 0.899. The molecule has 0 fully saturated rings. The molecule has 0 bridgehead atoms. The largest absolute Gasteiger partial charge is 0.502 e. The van der Waals surface area contributed by atoms with Crippen LogP contribution < -0.4 is 0 Å². The maximum absolute atomic E-state index is 6.57. The first kappa shape index (κ1) is 30.1. The van der Waals surface area contributed by atoms with E-state index in [9.17, 15) is 0 Å². The van der Waals surface area contributed by atoms with Crippen molar-refractivity contribution in [1.82, 2.24) is 0 Å². The molecule has 4 heteroatoms. The minimum Gasteiger partial charge on any atom is -0.368 e. The normalized spacial score (nSPS) is 13.8. The zero-order chi connectivity index (χ0) is 23.3. The fraction of sp³-hybridized carbons (Fsp3) is 1.00. The molecule has 0 N–H and O–H groups in total. The Morgan fingerprint density at radius 2 is 0.700 bits per heavy atom. The van der Waals surface area contributed by atoms with Crippen LogP contribution in [0.4, 0.5) is 0 Å². The van der Waals surface area contributed by atoms with E-state index in [1.165, 1.54) is 70.6 Å². The van der Waals surface area contributed by atoms with E-state index in [1.54, 1.807) is 0 Å². The fourth-order valence-electron chi connectivity index (χ4n) is 3.80. The fourth-order valence-corrected chi connectivity index (χ4v) is 7.71. The SMILES string of the molecule is CCCCCCCCCCCCCC[Si](OC(C)(C)C)(OC(C)(C)C)OC(C)(C)C. The number of unbranched alkanes of at least 4 members (excludes halogenated alkanes) is 11. The van der Waals surface area contributed by atoms with Gasteiger partial charge in [-0.15, -0.1) is 0 Å². The van der Waals surface area contributed by atoms with Crippen molar-refractivity contribution in [2.24, 2.45) is 0 Å². The van der Waals surface area contributed by atoms with Crippen LogP contribution in [0.2, 0.25) is 6.04 Å². The van der Waals surface area contributed by atoms with Crippen LogP contribution >= 0.6 is 0 Å². The molecule has 0 rings (SSSR count). The van der Waals surface area contributed by atoms with Gasteiger partial charge in [-0.05, 0) is 68.7 Å². The highest BCUT2D eigenvalue weighted by molar-refractivity contribution is 6.61. The van der Waals surface area contributed by atoms with E-state index >= 15 is 0 Å². The summed E-state index contributed by atoms with van der Waals surface area (Å²) in [5.74, 6) is 0. The van der Waals surface area contributed by atoms with E-state index < -0.39 is 8.80 Å². The third-order valence-electron chi connectivity index (χ3n) is 4.72. The van der Waals surface area contributed by atoms with Gasteiger partial charge in [-0.2, -0.15) is 0 Å². The van der Waals surface area contributed by atoms with Crippen molar-refractivity contribution >= 4 is 8.80 Å². The molecule has 0 aromatic heterocycles. The Kier molecular flexibility index (Phi) is 14.3. The van der Waals surface area contributed by atoms with Crippen LogP contribution in [0.3, 0.4) is 0 Å². The van der Waals surface area contributed by atoms with Crippen LogP contribution in [0.1, 0.15) is 146 Å². The lowest BCUT2D eigenvalue weighted by molar-refractivity contribution is -0.0755. The van der Waals surface area contributed by atoms with E-state index in [0.29, 0.717) is 0 Å². The van der Waals surface area contributed by atoms with Crippen molar-refractivity contribution in [3.8, 4) is 0 Å². The molecular weight excluding hydrogens is 388 g/mol. The van der Waals surface area contributed by atoms with Crippen LogP contribution in [-0.2, 0) is 13.3 Å². The summed E-state index contributed by atoms with van der Waals surface area (Å²) in [7, 11) is -2.80. The van der Waals surface area contributed by atoms with Gasteiger partial charge in [0.15, 0.2) is 0 Å². The molecule has 0 aromatic rings. The summed E-state index contributed by atoms with van der Waals surface area (Å²) in [5, 5.41) is 0. The average Bonchev–Trinajstić information content (AvgIpc) is 2.50. The molecule has 0 aliphatic rings. The first-order valence-corrected chi connectivity index (χ1v) is 14.7. The van der Waals surface area contributed by atoms with Crippen molar-refractivity contribution in [3.05, 3.63) is 0 Å². The topological polar surface area (TPSA) is 27.7 Å². The summed E-state index contributed by atoms with van der Waals surface area (Å²) >= 11 is 0. The van der Waals surface area contributed by atoms with Crippen molar-refractivity contribution in [1.29, 1.82) is 0 Å². The standard InChI is InChI=1S/C26H56O3Si/c1-11-12-13-14-15-16-17-18-19-20-21-22-23-30(27-24(2,3)4,28-25(5,6)7)29-26(8,9)10/h11-23H2,1-10H3. The lowest BCUT2D eigenvalue weighted by Crippen LogP contribution is -2.57. The predicted octanol–water partition coefficient (Wildman–Crippen LogP) is 9.07. The molecule has 0 amide bonds. The Morgan fingerprint density at radius 3 is 0.967 bits per heavy atom. The quantitative estimate of drug-likeness (QED) is 0.175. The highest BCUT2D eigenvalue weighted by Gasteiger charge is 2.49. The lowest BCUT2D eigenvalue weighted by Gasteiger charge is -2.43. The summed E-state index contributed by atoms with van der Waals surface area (Å²) in [6.45, 7) is 21.2. The van der Waals surface area contributed by atoms with Crippen molar-refractivity contribution in [2.45, 2.75) is 169 Å². The summed E-state index contributed by atoms with van der Waals surface area (Å²) < 4.78 is 19.7. The molecule has 0 saturated carbocycles. The molecule has 0 aliphatic heterocycles.